The topological polar surface area (TPSA) is 21.3 Å². The number of hydrogen-bond donors (Lipinski definition) is 1. The molecule has 0 saturated heterocycles. The standard InChI is InChI=1S/C12H18ClF2NOS/c1-2-5-16-10(3-6-17-8-11(14)15)12-9(13)4-7-18-12/h4,7,10-11,16H,2-3,5-6,8H2,1H3. The molecule has 0 aliphatic carbocycles. The maximum Gasteiger partial charge on any atom is 0.261 e. The zero-order valence-corrected chi connectivity index (χ0v) is 11.9. The van der Waals surface area contributed by atoms with Crippen molar-refractivity contribution < 1.29 is 13.5 Å². The SMILES string of the molecule is CCCNC(CCOCC(F)F)c1sccc1Cl. The Balaban J connectivity index is 2.44. The fraction of sp³-hybridized carbons (Fsp3) is 0.667. The largest absolute Gasteiger partial charge is 0.375 e. The first-order valence-electron chi connectivity index (χ1n) is 5.97. The molecule has 1 aromatic heterocycles. The van der Waals surface area contributed by atoms with Gasteiger partial charge in [0.25, 0.3) is 6.43 Å². The van der Waals surface area contributed by atoms with Crippen LogP contribution < -0.4 is 5.32 Å². The molecule has 1 atom stereocenters. The summed E-state index contributed by atoms with van der Waals surface area (Å²) in [4.78, 5) is 1.05. The second-order valence-electron chi connectivity index (χ2n) is 3.89. The fourth-order valence-electron chi connectivity index (χ4n) is 1.57. The van der Waals surface area contributed by atoms with Crippen molar-refractivity contribution in [3.63, 3.8) is 0 Å². The molecule has 104 valence electrons. The van der Waals surface area contributed by atoms with E-state index in [0.717, 1.165) is 22.9 Å². The summed E-state index contributed by atoms with van der Waals surface area (Å²) in [6, 6.07) is 1.93. The van der Waals surface area contributed by atoms with Crippen LogP contribution in [-0.4, -0.2) is 26.2 Å². The van der Waals surface area contributed by atoms with Gasteiger partial charge in [-0.1, -0.05) is 18.5 Å². The van der Waals surface area contributed by atoms with E-state index < -0.39 is 13.0 Å². The van der Waals surface area contributed by atoms with Crippen molar-refractivity contribution >= 4 is 22.9 Å². The van der Waals surface area contributed by atoms with Crippen molar-refractivity contribution in [2.24, 2.45) is 0 Å². The molecule has 0 aromatic carbocycles. The van der Waals surface area contributed by atoms with Gasteiger partial charge in [0, 0.05) is 17.5 Å². The summed E-state index contributed by atoms with van der Waals surface area (Å²) in [5.74, 6) is 0. The summed E-state index contributed by atoms with van der Waals surface area (Å²) in [6.45, 7) is 2.75. The van der Waals surface area contributed by atoms with Gasteiger partial charge in [-0.2, -0.15) is 0 Å². The lowest BCUT2D eigenvalue weighted by Gasteiger charge is -2.17. The van der Waals surface area contributed by atoms with Crippen LogP contribution in [-0.2, 0) is 4.74 Å². The van der Waals surface area contributed by atoms with Crippen molar-refractivity contribution in [3.8, 4) is 0 Å². The lowest BCUT2D eigenvalue weighted by molar-refractivity contribution is 0.0144. The molecular weight excluding hydrogens is 280 g/mol. The summed E-state index contributed by atoms with van der Waals surface area (Å²) >= 11 is 7.66. The van der Waals surface area contributed by atoms with E-state index in [4.69, 9.17) is 16.3 Å². The Morgan fingerprint density at radius 1 is 1.50 bits per heavy atom. The highest BCUT2D eigenvalue weighted by atomic mass is 35.5. The number of nitrogens with one attached hydrogen (secondary N) is 1. The van der Waals surface area contributed by atoms with Crippen LogP contribution in [0, 0.1) is 0 Å². The molecule has 1 heterocycles. The van der Waals surface area contributed by atoms with Crippen LogP contribution in [0.5, 0.6) is 0 Å². The zero-order valence-electron chi connectivity index (χ0n) is 10.3. The van der Waals surface area contributed by atoms with Crippen molar-refractivity contribution in [1.82, 2.24) is 5.32 Å². The van der Waals surface area contributed by atoms with E-state index in [1.54, 1.807) is 11.3 Å². The maximum atomic E-state index is 11.9. The molecule has 1 aromatic rings. The zero-order chi connectivity index (χ0) is 13.4. The molecule has 6 heteroatoms. The Bertz CT molecular complexity index is 336. The Hall–Kier alpha value is -0.230. The van der Waals surface area contributed by atoms with Gasteiger partial charge in [-0.3, -0.25) is 0 Å². The first-order chi connectivity index (χ1) is 8.65. The second-order valence-corrected chi connectivity index (χ2v) is 5.25. The van der Waals surface area contributed by atoms with E-state index in [-0.39, 0.29) is 6.04 Å². The van der Waals surface area contributed by atoms with E-state index in [0.29, 0.717) is 13.0 Å². The predicted octanol–water partition coefficient (Wildman–Crippen LogP) is 4.11. The minimum absolute atomic E-state index is 0.0788. The van der Waals surface area contributed by atoms with Crippen molar-refractivity contribution in [2.45, 2.75) is 32.2 Å². The lowest BCUT2D eigenvalue weighted by Crippen LogP contribution is -2.23. The highest BCUT2D eigenvalue weighted by Gasteiger charge is 2.15. The van der Waals surface area contributed by atoms with Gasteiger partial charge in [0.2, 0.25) is 0 Å². The quantitative estimate of drug-likeness (QED) is 0.693. The average molecular weight is 298 g/mol. The third kappa shape index (κ3) is 5.61. The Labute approximate surface area is 115 Å². The van der Waals surface area contributed by atoms with Gasteiger partial charge in [0.05, 0.1) is 5.02 Å². The molecule has 18 heavy (non-hydrogen) atoms. The highest BCUT2D eigenvalue weighted by molar-refractivity contribution is 7.10. The monoisotopic (exact) mass is 297 g/mol. The third-order valence-corrected chi connectivity index (χ3v) is 3.87. The molecule has 0 aliphatic heterocycles. The Morgan fingerprint density at radius 3 is 2.83 bits per heavy atom. The average Bonchev–Trinajstić information content (AvgIpc) is 2.74. The highest BCUT2D eigenvalue weighted by Crippen LogP contribution is 2.30. The molecule has 1 N–H and O–H groups in total. The normalized spacial score (nSPS) is 13.2. The first-order valence-corrected chi connectivity index (χ1v) is 7.23. The van der Waals surface area contributed by atoms with Gasteiger partial charge in [-0.25, -0.2) is 8.78 Å². The van der Waals surface area contributed by atoms with Crippen LogP contribution in [0.2, 0.25) is 5.02 Å². The molecule has 0 aliphatic rings. The number of hydrogen-bond acceptors (Lipinski definition) is 3. The lowest BCUT2D eigenvalue weighted by atomic mass is 10.1. The molecular formula is C12H18ClF2NOS. The molecule has 0 spiro atoms. The van der Waals surface area contributed by atoms with E-state index >= 15 is 0 Å². The third-order valence-electron chi connectivity index (χ3n) is 2.40. The Kier molecular flexibility index (Phi) is 7.74. The van der Waals surface area contributed by atoms with Gasteiger partial charge in [-0.05, 0) is 30.8 Å². The van der Waals surface area contributed by atoms with E-state index in [1.165, 1.54) is 0 Å². The van der Waals surface area contributed by atoms with Crippen LogP contribution in [0.1, 0.15) is 30.7 Å². The summed E-state index contributed by atoms with van der Waals surface area (Å²) in [6.07, 6.45) is -0.748. The predicted molar refractivity (Wildman–Crippen MR) is 71.8 cm³/mol. The van der Waals surface area contributed by atoms with Crippen LogP contribution >= 0.6 is 22.9 Å². The smallest absolute Gasteiger partial charge is 0.261 e. The van der Waals surface area contributed by atoms with Gasteiger partial charge in [-0.15, -0.1) is 11.3 Å². The van der Waals surface area contributed by atoms with E-state index in [2.05, 4.69) is 12.2 Å². The molecule has 0 saturated carbocycles. The summed E-state index contributed by atoms with van der Waals surface area (Å²) in [5.41, 5.74) is 0. The summed E-state index contributed by atoms with van der Waals surface area (Å²) in [5, 5.41) is 6.01. The summed E-state index contributed by atoms with van der Waals surface area (Å²) < 4.78 is 28.8. The van der Waals surface area contributed by atoms with Crippen molar-refractivity contribution in [1.29, 1.82) is 0 Å². The Morgan fingerprint density at radius 2 is 2.28 bits per heavy atom. The maximum absolute atomic E-state index is 11.9. The van der Waals surface area contributed by atoms with E-state index in [1.807, 2.05) is 11.4 Å². The van der Waals surface area contributed by atoms with Gasteiger partial charge >= 0.3 is 0 Å². The minimum atomic E-state index is -2.41. The molecule has 0 bridgehead atoms. The van der Waals surface area contributed by atoms with Crippen LogP contribution in [0.15, 0.2) is 11.4 Å². The van der Waals surface area contributed by atoms with Gasteiger partial charge in [0.15, 0.2) is 0 Å². The first kappa shape index (κ1) is 15.8. The molecule has 0 amide bonds. The van der Waals surface area contributed by atoms with Crippen LogP contribution in [0.4, 0.5) is 8.78 Å². The van der Waals surface area contributed by atoms with Crippen molar-refractivity contribution in [2.75, 3.05) is 19.8 Å². The van der Waals surface area contributed by atoms with E-state index in [9.17, 15) is 8.78 Å². The second kappa shape index (κ2) is 8.80. The minimum Gasteiger partial charge on any atom is -0.375 e. The summed E-state index contributed by atoms with van der Waals surface area (Å²) in [7, 11) is 0. The number of halogens is 3. The number of ether oxygens (including phenoxy) is 1. The van der Waals surface area contributed by atoms with Crippen LogP contribution in [0.3, 0.4) is 0 Å². The molecule has 0 fully saturated rings. The number of rotatable bonds is 9. The number of thiophene rings is 1. The molecule has 1 rings (SSSR count). The molecule has 1 unspecified atom stereocenters. The van der Waals surface area contributed by atoms with Gasteiger partial charge in [0.1, 0.15) is 6.61 Å². The van der Waals surface area contributed by atoms with Crippen molar-refractivity contribution in [3.05, 3.63) is 21.3 Å². The number of alkyl halides is 2. The fourth-order valence-corrected chi connectivity index (χ4v) is 2.87. The molecule has 0 radical (unpaired) electrons. The van der Waals surface area contributed by atoms with Crippen LogP contribution in [0.25, 0.3) is 0 Å². The molecule has 2 nitrogen and oxygen atoms in total. The van der Waals surface area contributed by atoms with Gasteiger partial charge < -0.3 is 10.1 Å².